The Kier molecular flexibility index (Phi) is 4.91. The summed E-state index contributed by atoms with van der Waals surface area (Å²) in [5.41, 5.74) is 0.825. The fourth-order valence-corrected chi connectivity index (χ4v) is 3.45. The lowest BCUT2D eigenvalue weighted by Crippen LogP contribution is -2.46. The van der Waals surface area contributed by atoms with Crippen LogP contribution in [0.4, 0.5) is 16.5 Å². The van der Waals surface area contributed by atoms with Crippen LogP contribution in [0.25, 0.3) is 0 Å². The zero-order valence-electron chi connectivity index (χ0n) is 13.6. The van der Waals surface area contributed by atoms with Crippen molar-refractivity contribution in [1.29, 1.82) is 0 Å². The van der Waals surface area contributed by atoms with Crippen LogP contribution in [-0.2, 0) is 4.74 Å². The lowest BCUT2D eigenvalue weighted by atomic mass is 10.2. The third-order valence-corrected chi connectivity index (χ3v) is 4.91. The van der Waals surface area contributed by atoms with E-state index in [1.807, 2.05) is 17.9 Å². The minimum absolute atomic E-state index is 0.122. The summed E-state index contributed by atoms with van der Waals surface area (Å²) in [6.07, 6.45) is -0.122. The fraction of sp³-hybridized carbons (Fsp3) is 0.467. The Bertz CT molecular complexity index is 715. The van der Waals surface area contributed by atoms with Crippen molar-refractivity contribution in [2.45, 2.75) is 13.0 Å². The van der Waals surface area contributed by atoms with Gasteiger partial charge in [0.05, 0.1) is 4.92 Å². The zero-order chi connectivity index (χ0) is 17.1. The molecule has 1 fully saturated rings. The van der Waals surface area contributed by atoms with Crippen LogP contribution in [0.3, 0.4) is 0 Å². The van der Waals surface area contributed by atoms with Crippen molar-refractivity contribution in [1.82, 2.24) is 9.36 Å². The minimum Gasteiger partial charge on any atom is -0.374 e. The molecule has 9 heteroatoms. The molecule has 1 aromatic heterocycles. The second-order valence-corrected chi connectivity index (χ2v) is 6.26. The highest BCUT2D eigenvalue weighted by Gasteiger charge is 2.25. The summed E-state index contributed by atoms with van der Waals surface area (Å²) in [5, 5.41) is 12.1. The molecule has 1 aliphatic rings. The van der Waals surface area contributed by atoms with Crippen LogP contribution >= 0.6 is 11.5 Å². The second kappa shape index (κ2) is 7.10. The average Bonchev–Trinajstić information content (AvgIpc) is 3.11. The summed E-state index contributed by atoms with van der Waals surface area (Å²) in [6.45, 7) is 4.83. The SMILES string of the molecule is CO[C@H](C)c1nsc(N2CCN(c3ccccc3[N+](=O)[O-])CC2)n1. The Morgan fingerprint density at radius 2 is 1.92 bits per heavy atom. The molecule has 24 heavy (non-hydrogen) atoms. The van der Waals surface area contributed by atoms with E-state index in [4.69, 9.17) is 4.74 Å². The zero-order valence-corrected chi connectivity index (χ0v) is 14.4. The number of benzene rings is 1. The van der Waals surface area contributed by atoms with Gasteiger partial charge in [-0.2, -0.15) is 4.37 Å². The number of methoxy groups -OCH3 is 1. The summed E-state index contributed by atoms with van der Waals surface area (Å²) < 4.78 is 9.58. The van der Waals surface area contributed by atoms with Crippen molar-refractivity contribution < 1.29 is 9.66 Å². The Balaban J connectivity index is 1.68. The van der Waals surface area contributed by atoms with Crippen LogP contribution in [0, 0.1) is 10.1 Å². The number of aromatic nitrogens is 2. The second-order valence-electron chi connectivity index (χ2n) is 5.53. The van der Waals surface area contributed by atoms with Gasteiger partial charge >= 0.3 is 0 Å². The summed E-state index contributed by atoms with van der Waals surface area (Å²) in [4.78, 5) is 19.6. The molecule has 8 nitrogen and oxygen atoms in total. The van der Waals surface area contributed by atoms with E-state index in [2.05, 4.69) is 14.3 Å². The Morgan fingerprint density at radius 3 is 2.58 bits per heavy atom. The lowest BCUT2D eigenvalue weighted by molar-refractivity contribution is -0.384. The van der Waals surface area contributed by atoms with Gasteiger partial charge < -0.3 is 14.5 Å². The lowest BCUT2D eigenvalue weighted by Gasteiger charge is -2.35. The molecule has 1 aliphatic heterocycles. The van der Waals surface area contributed by atoms with E-state index in [-0.39, 0.29) is 16.7 Å². The molecule has 1 saturated heterocycles. The highest BCUT2D eigenvalue weighted by molar-refractivity contribution is 7.09. The summed E-state index contributed by atoms with van der Waals surface area (Å²) >= 11 is 1.36. The minimum atomic E-state index is -0.329. The van der Waals surface area contributed by atoms with E-state index < -0.39 is 0 Å². The van der Waals surface area contributed by atoms with Crippen molar-refractivity contribution in [2.75, 3.05) is 43.1 Å². The quantitative estimate of drug-likeness (QED) is 0.605. The highest BCUT2D eigenvalue weighted by atomic mass is 32.1. The predicted octanol–water partition coefficient (Wildman–Crippen LogP) is 2.48. The van der Waals surface area contributed by atoms with Gasteiger partial charge in [0.1, 0.15) is 11.8 Å². The first kappa shape index (κ1) is 16.6. The van der Waals surface area contributed by atoms with E-state index in [9.17, 15) is 10.1 Å². The summed E-state index contributed by atoms with van der Waals surface area (Å²) in [7, 11) is 1.64. The number of nitro groups is 1. The van der Waals surface area contributed by atoms with E-state index in [1.165, 1.54) is 11.5 Å². The van der Waals surface area contributed by atoms with E-state index in [1.54, 1.807) is 25.3 Å². The fourth-order valence-electron chi connectivity index (χ4n) is 2.65. The van der Waals surface area contributed by atoms with Gasteiger partial charge in [-0.15, -0.1) is 0 Å². The van der Waals surface area contributed by atoms with Crippen LogP contribution in [0.5, 0.6) is 0 Å². The molecule has 128 valence electrons. The molecule has 0 amide bonds. The average molecular weight is 349 g/mol. The number of ether oxygens (including phenoxy) is 1. The molecule has 3 rings (SSSR count). The number of nitro benzene ring substituents is 1. The van der Waals surface area contributed by atoms with Crippen molar-refractivity contribution in [3.63, 3.8) is 0 Å². The van der Waals surface area contributed by atoms with Gasteiger partial charge in [0.25, 0.3) is 5.69 Å². The maximum absolute atomic E-state index is 11.2. The van der Waals surface area contributed by atoms with Crippen molar-refractivity contribution >= 4 is 28.0 Å². The van der Waals surface area contributed by atoms with Crippen LogP contribution in [0.2, 0.25) is 0 Å². The third-order valence-electron chi connectivity index (χ3n) is 4.12. The summed E-state index contributed by atoms with van der Waals surface area (Å²) in [5.74, 6) is 0.693. The van der Waals surface area contributed by atoms with Crippen LogP contribution < -0.4 is 9.80 Å². The molecule has 0 unspecified atom stereocenters. The topological polar surface area (TPSA) is 84.6 Å². The third kappa shape index (κ3) is 3.31. The molecule has 0 N–H and O–H groups in total. The standard InChI is InChI=1S/C15H19N5O3S/c1-11(23-2)14-16-15(24-17-14)19-9-7-18(8-10-19)12-5-3-4-6-13(12)20(21)22/h3-6,11H,7-10H2,1-2H3/t11-/m1/s1. The van der Waals surface area contributed by atoms with Crippen LogP contribution in [-0.4, -0.2) is 47.6 Å². The highest BCUT2D eigenvalue weighted by Crippen LogP contribution is 2.29. The van der Waals surface area contributed by atoms with Gasteiger partial charge in [-0.1, -0.05) is 12.1 Å². The number of hydrogen-bond acceptors (Lipinski definition) is 8. The van der Waals surface area contributed by atoms with Gasteiger partial charge in [-0.05, 0) is 13.0 Å². The molecular formula is C15H19N5O3S. The van der Waals surface area contributed by atoms with Crippen molar-refractivity contribution in [2.24, 2.45) is 0 Å². The van der Waals surface area contributed by atoms with Gasteiger partial charge in [-0.25, -0.2) is 4.98 Å². The first-order valence-electron chi connectivity index (χ1n) is 7.70. The molecule has 2 heterocycles. The number of piperazine rings is 1. The first-order valence-corrected chi connectivity index (χ1v) is 8.47. The largest absolute Gasteiger partial charge is 0.374 e. The van der Waals surface area contributed by atoms with E-state index in [0.29, 0.717) is 24.6 Å². The summed E-state index contributed by atoms with van der Waals surface area (Å²) in [6, 6.07) is 6.87. The van der Waals surface area contributed by atoms with Crippen LogP contribution in [0.15, 0.2) is 24.3 Å². The van der Waals surface area contributed by atoms with E-state index >= 15 is 0 Å². The number of para-hydroxylation sites is 2. The Morgan fingerprint density at radius 1 is 1.25 bits per heavy atom. The molecule has 0 spiro atoms. The van der Waals surface area contributed by atoms with Crippen molar-refractivity contribution in [3.05, 3.63) is 40.2 Å². The molecule has 1 aromatic carbocycles. The molecule has 0 radical (unpaired) electrons. The van der Waals surface area contributed by atoms with Crippen LogP contribution in [0.1, 0.15) is 18.9 Å². The van der Waals surface area contributed by atoms with Gasteiger partial charge in [-0.3, -0.25) is 10.1 Å². The van der Waals surface area contributed by atoms with Gasteiger partial charge in [0.2, 0.25) is 5.13 Å². The smallest absolute Gasteiger partial charge is 0.292 e. The maximum Gasteiger partial charge on any atom is 0.292 e. The molecule has 2 aromatic rings. The Hall–Kier alpha value is -2.26. The van der Waals surface area contributed by atoms with Gasteiger partial charge in [0, 0.05) is 50.9 Å². The molecule has 0 aliphatic carbocycles. The first-order chi connectivity index (χ1) is 11.6. The normalized spacial score (nSPS) is 16.2. The van der Waals surface area contributed by atoms with Gasteiger partial charge in [0.15, 0.2) is 5.82 Å². The number of rotatable bonds is 5. The maximum atomic E-state index is 11.2. The van der Waals surface area contributed by atoms with Crippen molar-refractivity contribution in [3.8, 4) is 0 Å². The molecule has 0 saturated carbocycles. The number of nitrogens with zero attached hydrogens (tertiary/aromatic N) is 5. The molecule has 1 atom stereocenters. The molecule has 0 bridgehead atoms. The molecular weight excluding hydrogens is 330 g/mol. The predicted molar refractivity (Wildman–Crippen MR) is 92.9 cm³/mol. The number of hydrogen-bond donors (Lipinski definition) is 0. The Labute approximate surface area is 144 Å². The van der Waals surface area contributed by atoms with E-state index in [0.717, 1.165) is 18.2 Å². The number of anilines is 2. The monoisotopic (exact) mass is 349 g/mol.